The third-order valence-corrected chi connectivity index (χ3v) is 4.12. The van der Waals surface area contributed by atoms with Crippen molar-refractivity contribution in [1.29, 1.82) is 0 Å². The van der Waals surface area contributed by atoms with Crippen molar-refractivity contribution < 1.29 is 14.0 Å². The molecule has 0 aromatic carbocycles. The Bertz CT molecular complexity index is 552. The van der Waals surface area contributed by atoms with Crippen molar-refractivity contribution in [2.24, 2.45) is 0 Å². The van der Waals surface area contributed by atoms with Crippen molar-refractivity contribution >= 4 is 11.8 Å². The van der Waals surface area contributed by atoms with Crippen LogP contribution in [0.25, 0.3) is 0 Å². The van der Waals surface area contributed by atoms with Gasteiger partial charge in [0.05, 0.1) is 5.56 Å². The van der Waals surface area contributed by atoms with Gasteiger partial charge in [0.15, 0.2) is 0 Å². The van der Waals surface area contributed by atoms with Gasteiger partial charge in [0.1, 0.15) is 11.5 Å². The summed E-state index contributed by atoms with van der Waals surface area (Å²) in [5.41, 5.74) is 0.584. The van der Waals surface area contributed by atoms with Crippen molar-refractivity contribution in [1.82, 2.24) is 15.1 Å². The molecule has 2 amide bonds. The molecule has 0 aliphatic carbocycles. The molecule has 1 heterocycles. The maximum Gasteiger partial charge on any atom is 0.257 e. The van der Waals surface area contributed by atoms with Crippen LogP contribution >= 0.6 is 0 Å². The SMILES string of the molecule is CC[C@H](C)N(CCC(=O)NCCN(C)C)C(=O)c1cc(C)oc1C. The van der Waals surface area contributed by atoms with E-state index in [2.05, 4.69) is 5.32 Å². The molecule has 0 bridgehead atoms. The molecular weight excluding hydrogens is 306 g/mol. The first kappa shape index (κ1) is 20.2. The zero-order valence-electron chi connectivity index (χ0n) is 15.8. The van der Waals surface area contributed by atoms with Gasteiger partial charge in [-0.15, -0.1) is 0 Å². The summed E-state index contributed by atoms with van der Waals surface area (Å²) in [6.45, 7) is 9.49. The first-order valence-electron chi connectivity index (χ1n) is 8.55. The Labute approximate surface area is 145 Å². The lowest BCUT2D eigenvalue weighted by molar-refractivity contribution is -0.121. The molecule has 0 saturated heterocycles. The standard InChI is InChI=1S/C18H31N3O3/c1-7-13(2)21(10-8-17(22)19-9-11-20(5)6)18(23)16-12-14(3)24-15(16)4/h12-13H,7-11H2,1-6H3,(H,19,22)/t13-/m0/s1. The Kier molecular flexibility index (Phi) is 7.98. The second kappa shape index (κ2) is 9.47. The van der Waals surface area contributed by atoms with Crippen LogP contribution in [-0.2, 0) is 4.79 Å². The maximum absolute atomic E-state index is 12.8. The van der Waals surface area contributed by atoms with Gasteiger partial charge in [-0.3, -0.25) is 9.59 Å². The van der Waals surface area contributed by atoms with Crippen molar-refractivity contribution in [3.63, 3.8) is 0 Å². The number of hydrogen-bond acceptors (Lipinski definition) is 4. The molecule has 136 valence electrons. The van der Waals surface area contributed by atoms with Gasteiger partial charge in [-0.2, -0.15) is 0 Å². The smallest absolute Gasteiger partial charge is 0.257 e. The minimum absolute atomic E-state index is 0.0296. The predicted molar refractivity (Wildman–Crippen MR) is 95.2 cm³/mol. The molecule has 0 aliphatic rings. The highest BCUT2D eigenvalue weighted by molar-refractivity contribution is 5.95. The van der Waals surface area contributed by atoms with E-state index in [0.29, 0.717) is 30.8 Å². The zero-order valence-corrected chi connectivity index (χ0v) is 15.8. The number of aryl methyl sites for hydroxylation is 2. The van der Waals surface area contributed by atoms with Crippen molar-refractivity contribution in [3.05, 3.63) is 23.2 Å². The molecule has 0 fully saturated rings. The van der Waals surface area contributed by atoms with Crippen molar-refractivity contribution in [2.45, 2.75) is 46.6 Å². The van der Waals surface area contributed by atoms with E-state index in [1.165, 1.54) is 0 Å². The summed E-state index contributed by atoms with van der Waals surface area (Å²) in [6, 6.07) is 1.84. The number of rotatable bonds is 9. The normalized spacial score (nSPS) is 12.3. The van der Waals surface area contributed by atoms with Crippen LogP contribution in [0.2, 0.25) is 0 Å². The molecule has 0 saturated carbocycles. The molecule has 6 heteroatoms. The maximum atomic E-state index is 12.8. The van der Waals surface area contributed by atoms with Crippen LogP contribution in [0.3, 0.4) is 0 Å². The van der Waals surface area contributed by atoms with Gasteiger partial charge in [-0.1, -0.05) is 6.92 Å². The Morgan fingerprint density at radius 1 is 1.25 bits per heavy atom. The van der Waals surface area contributed by atoms with Crippen LogP contribution in [0, 0.1) is 13.8 Å². The number of carbonyl (C=O) groups excluding carboxylic acids is 2. The van der Waals surface area contributed by atoms with Gasteiger partial charge >= 0.3 is 0 Å². The molecule has 0 radical (unpaired) electrons. The summed E-state index contributed by atoms with van der Waals surface area (Å²) in [5.74, 6) is 1.25. The number of carbonyl (C=O) groups is 2. The molecule has 24 heavy (non-hydrogen) atoms. The molecule has 1 aromatic rings. The second-order valence-corrected chi connectivity index (χ2v) is 6.49. The molecule has 1 aromatic heterocycles. The first-order chi connectivity index (χ1) is 11.3. The summed E-state index contributed by atoms with van der Waals surface area (Å²) < 4.78 is 5.47. The van der Waals surface area contributed by atoms with E-state index in [1.54, 1.807) is 17.9 Å². The van der Waals surface area contributed by atoms with Gasteiger partial charge in [0.2, 0.25) is 5.91 Å². The zero-order chi connectivity index (χ0) is 18.3. The van der Waals surface area contributed by atoms with E-state index < -0.39 is 0 Å². The predicted octanol–water partition coefficient (Wildman–Crippen LogP) is 2.21. The number of amides is 2. The summed E-state index contributed by atoms with van der Waals surface area (Å²) in [4.78, 5) is 28.6. The lowest BCUT2D eigenvalue weighted by Crippen LogP contribution is -2.41. The Morgan fingerprint density at radius 2 is 1.92 bits per heavy atom. The topological polar surface area (TPSA) is 65.8 Å². The van der Waals surface area contributed by atoms with E-state index in [4.69, 9.17) is 4.42 Å². The van der Waals surface area contributed by atoms with E-state index in [1.807, 2.05) is 39.8 Å². The number of nitrogens with zero attached hydrogens (tertiary/aromatic N) is 2. The second-order valence-electron chi connectivity index (χ2n) is 6.49. The number of furan rings is 1. The lowest BCUT2D eigenvalue weighted by atomic mass is 10.1. The van der Waals surface area contributed by atoms with Crippen molar-refractivity contribution in [3.8, 4) is 0 Å². The third kappa shape index (κ3) is 6.00. The monoisotopic (exact) mass is 337 g/mol. The Morgan fingerprint density at radius 3 is 2.42 bits per heavy atom. The van der Waals surface area contributed by atoms with E-state index in [-0.39, 0.29) is 17.9 Å². The molecule has 1 rings (SSSR count). The molecule has 0 aliphatic heterocycles. The fourth-order valence-corrected chi connectivity index (χ4v) is 2.47. The first-order valence-corrected chi connectivity index (χ1v) is 8.55. The highest BCUT2D eigenvalue weighted by Gasteiger charge is 2.24. The average Bonchev–Trinajstić information content (AvgIpc) is 2.85. The van der Waals surface area contributed by atoms with Crippen LogP contribution in [0.15, 0.2) is 10.5 Å². The summed E-state index contributed by atoms with van der Waals surface area (Å²) >= 11 is 0. The minimum Gasteiger partial charge on any atom is -0.466 e. The summed E-state index contributed by atoms with van der Waals surface area (Å²) in [5, 5.41) is 2.88. The minimum atomic E-state index is -0.0696. The number of hydrogen-bond donors (Lipinski definition) is 1. The van der Waals surface area contributed by atoms with Crippen LogP contribution in [0.4, 0.5) is 0 Å². The summed E-state index contributed by atoms with van der Waals surface area (Å²) in [7, 11) is 3.93. The Hall–Kier alpha value is -1.82. The largest absolute Gasteiger partial charge is 0.466 e. The van der Waals surface area contributed by atoms with E-state index in [9.17, 15) is 9.59 Å². The van der Waals surface area contributed by atoms with Crippen LogP contribution < -0.4 is 5.32 Å². The molecular formula is C18H31N3O3. The molecule has 1 atom stereocenters. The van der Waals surface area contributed by atoms with Gasteiger partial charge in [0, 0.05) is 32.1 Å². The average molecular weight is 337 g/mol. The third-order valence-electron chi connectivity index (χ3n) is 4.12. The van der Waals surface area contributed by atoms with E-state index >= 15 is 0 Å². The van der Waals surface area contributed by atoms with Crippen molar-refractivity contribution in [2.75, 3.05) is 33.7 Å². The quantitative estimate of drug-likeness (QED) is 0.750. The van der Waals surface area contributed by atoms with Gasteiger partial charge in [0.25, 0.3) is 5.91 Å². The Balaban J connectivity index is 2.67. The molecule has 6 nitrogen and oxygen atoms in total. The highest BCUT2D eigenvalue weighted by Crippen LogP contribution is 2.18. The van der Waals surface area contributed by atoms with Gasteiger partial charge in [-0.25, -0.2) is 0 Å². The fourth-order valence-electron chi connectivity index (χ4n) is 2.47. The molecule has 0 spiro atoms. The summed E-state index contributed by atoms with van der Waals surface area (Å²) in [6.07, 6.45) is 1.14. The van der Waals surface area contributed by atoms with Gasteiger partial charge < -0.3 is 19.5 Å². The number of likely N-dealkylation sites (N-methyl/N-ethyl adjacent to an activating group) is 1. The number of nitrogens with one attached hydrogen (secondary N) is 1. The van der Waals surface area contributed by atoms with Crippen LogP contribution in [0.1, 0.15) is 48.6 Å². The molecule has 1 N–H and O–H groups in total. The molecule has 0 unspecified atom stereocenters. The van der Waals surface area contributed by atoms with Gasteiger partial charge in [-0.05, 0) is 47.4 Å². The lowest BCUT2D eigenvalue weighted by Gasteiger charge is -2.28. The van der Waals surface area contributed by atoms with Crippen LogP contribution in [-0.4, -0.2) is 61.4 Å². The fraction of sp³-hybridized carbons (Fsp3) is 0.667. The highest BCUT2D eigenvalue weighted by atomic mass is 16.3. The van der Waals surface area contributed by atoms with Crippen LogP contribution in [0.5, 0.6) is 0 Å². The van der Waals surface area contributed by atoms with E-state index in [0.717, 1.165) is 18.7 Å².